The third kappa shape index (κ3) is 8.58. The second-order valence-corrected chi connectivity index (χ2v) is 13.4. The summed E-state index contributed by atoms with van der Waals surface area (Å²) >= 11 is 12.6. The van der Waals surface area contributed by atoms with Crippen molar-refractivity contribution in [3.8, 4) is 11.5 Å². The Morgan fingerprint density at radius 1 is 0.955 bits per heavy atom. The second-order valence-electron chi connectivity index (χ2n) is 10.7. The summed E-state index contributed by atoms with van der Waals surface area (Å²) in [5, 5.41) is 3.63. The molecule has 44 heavy (non-hydrogen) atoms. The number of anilines is 1. The number of amides is 2. The van der Waals surface area contributed by atoms with Crippen molar-refractivity contribution in [1.82, 2.24) is 10.2 Å². The number of benzene rings is 3. The number of carbonyl (C=O) groups excluding carboxylic acids is 2. The third-order valence-corrected chi connectivity index (χ3v) is 9.33. The standard InChI is InChI=1S/C32H39Cl2N3O6S/c1-7-28(32(39)35-18-21(2)3)36(19-23-10-11-24(33)16-27(23)34)31(38)20-37(29-17-25(42-5)12-15-30(29)43-6)44(40,41)26-13-8-22(4)9-14-26/h8-17,21,28H,7,18-20H2,1-6H3,(H,35,39). The molecule has 0 heterocycles. The molecule has 238 valence electrons. The fraction of sp³-hybridized carbons (Fsp3) is 0.375. The van der Waals surface area contributed by atoms with Gasteiger partial charge in [0.1, 0.15) is 24.1 Å². The topological polar surface area (TPSA) is 105 Å². The highest BCUT2D eigenvalue weighted by molar-refractivity contribution is 7.92. The number of carbonyl (C=O) groups is 2. The molecule has 3 aromatic carbocycles. The molecule has 0 aliphatic carbocycles. The molecule has 0 aromatic heterocycles. The van der Waals surface area contributed by atoms with E-state index in [0.29, 0.717) is 27.9 Å². The number of rotatable bonds is 14. The number of hydrogen-bond donors (Lipinski definition) is 1. The van der Waals surface area contributed by atoms with Crippen molar-refractivity contribution in [3.63, 3.8) is 0 Å². The number of methoxy groups -OCH3 is 2. The lowest BCUT2D eigenvalue weighted by atomic mass is 10.1. The monoisotopic (exact) mass is 663 g/mol. The van der Waals surface area contributed by atoms with Crippen molar-refractivity contribution in [2.45, 2.75) is 51.6 Å². The Morgan fingerprint density at radius 2 is 1.64 bits per heavy atom. The van der Waals surface area contributed by atoms with Crippen molar-refractivity contribution in [3.05, 3.63) is 81.8 Å². The van der Waals surface area contributed by atoms with Gasteiger partial charge in [-0.05, 0) is 61.2 Å². The van der Waals surface area contributed by atoms with Crippen LogP contribution in [0, 0.1) is 12.8 Å². The molecule has 9 nitrogen and oxygen atoms in total. The average molecular weight is 665 g/mol. The number of hydrogen-bond acceptors (Lipinski definition) is 6. The van der Waals surface area contributed by atoms with Crippen LogP contribution in [-0.4, -0.2) is 58.5 Å². The molecule has 0 saturated carbocycles. The molecule has 1 atom stereocenters. The van der Waals surface area contributed by atoms with Gasteiger partial charge in [0, 0.05) is 29.2 Å². The highest BCUT2D eigenvalue weighted by atomic mass is 35.5. The molecule has 0 aliphatic heterocycles. The number of nitrogens with one attached hydrogen (secondary N) is 1. The van der Waals surface area contributed by atoms with Gasteiger partial charge in [-0.1, -0.05) is 67.7 Å². The van der Waals surface area contributed by atoms with Crippen molar-refractivity contribution >= 4 is 50.7 Å². The minimum atomic E-state index is -4.31. The van der Waals surface area contributed by atoms with E-state index in [1.54, 1.807) is 49.4 Å². The van der Waals surface area contributed by atoms with Crippen molar-refractivity contribution in [2.24, 2.45) is 5.92 Å². The number of halogens is 2. The summed E-state index contributed by atoms with van der Waals surface area (Å²) in [6.07, 6.45) is 0.272. The van der Waals surface area contributed by atoms with Gasteiger partial charge in [-0.25, -0.2) is 8.42 Å². The van der Waals surface area contributed by atoms with Crippen LogP contribution in [-0.2, 0) is 26.2 Å². The second kappa shape index (κ2) is 15.5. The fourth-order valence-electron chi connectivity index (χ4n) is 4.52. The van der Waals surface area contributed by atoms with Gasteiger partial charge in [-0.15, -0.1) is 0 Å². The molecule has 2 amide bonds. The van der Waals surface area contributed by atoms with Crippen molar-refractivity contribution in [1.29, 1.82) is 0 Å². The molecule has 3 aromatic rings. The molecule has 0 aliphatic rings. The van der Waals surface area contributed by atoms with Crippen LogP contribution >= 0.6 is 23.2 Å². The molecule has 12 heteroatoms. The summed E-state index contributed by atoms with van der Waals surface area (Å²) < 4.78 is 40.3. The average Bonchev–Trinajstić information content (AvgIpc) is 2.99. The van der Waals surface area contributed by atoms with Crippen LogP contribution in [0.5, 0.6) is 11.5 Å². The van der Waals surface area contributed by atoms with Crippen LogP contribution in [0.2, 0.25) is 10.0 Å². The van der Waals surface area contributed by atoms with Gasteiger partial charge in [0.05, 0.1) is 24.8 Å². The summed E-state index contributed by atoms with van der Waals surface area (Å²) in [6, 6.07) is 15.0. The first kappa shape index (κ1) is 35.0. The molecule has 1 unspecified atom stereocenters. The van der Waals surface area contributed by atoms with E-state index >= 15 is 0 Å². The van der Waals surface area contributed by atoms with E-state index in [-0.39, 0.29) is 41.1 Å². The van der Waals surface area contributed by atoms with E-state index in [9.17, 15) is 18.0 Å². The number of nitrogens with zero attached hydrogens (tertiary/aromatic N) is 2. The maximum Gasteiger partial charge on any atom is 0.264 e. The van der Waals surface area contributed by atoms with E-state index < -0.39 is 28.5 Å². The molecule has 0 fully saturated rings. The Labute approximate surface area is 270 Å². The normalized spacial score (nSPS) is 12.0. The predicted molar refractivity (Wildman–Crippen MR) is 174 cm³/mol. The van der Waals surface area contributed by atoms with E-state index in [2.05, 4.69) is 5.32 Å². The summed E-state index contributed by atoms with van der Waals surface area (Å²) in [5.74, 6) is -0.221. The Hall–Kier alpha value is -3.47. The van der Waals surface area contributed by atoms with Crippen LogP contribution in [0.25, 0.3) is 0 Å². The maximum absolute atomic E-state index is 14.3. The number of aryl methyl sites for hydroxylation is 1. The summed E-state index contributed by atoms with van der Waals surface area (Å²) in [6.45, 7) is 7.27. The zero-order chi connectivity index (χ0) is 32.6. The zero-order valence-electron chi connectivity index (χ0n) is 25.8. The summed E-state index contributed by atoms with van der Waals surface area (Å²) in [4.78, 5) is 29.1. The lowest BCUT2D eigenvalue weighted by Crippen LogP contribution is -2.52. The van der Waals surface area contributed by atoms with Gasteiger partial charge < -0.3 is 19.7 Å². The minimum Gasteiger partial charge on any atom is -0.497 e. The summed E-state index contributed by atoms with van der Waals surface area (Å²) in [5.41, 5.74) is 1.52. The Kier molecular flexibility index (Phi) is 12.3. The Morgan fingerprint density at radius 3 is 2.20 bits per heavy atom. The lowest BCUT2D eigenvalue weighted by molar-refractivity contribution is -0.140. The van der Waals surface area contributed by atoms with Gasteiger partial charge in [0.25, 0.3) is 10.0 Å². The van der Waals surface area contributed by atoms with Crippen LogP contribution in [0.3, 0.4) is 0 Å². The number of ether oxygens (including phenoxy) is 2. The van der Waals surface area contributed by atoms with Crippen LogP contribution in [0.15, 0.2) is 65.6 Å². The van der Waals surface area contributed by atoms with Gasteiger partial charge >= 0.3 is 0 Å². The largest absolute Gasteiger partial charge is 0.497 e. The van der Waals surface area contributed by atoms with Crippen LogP contribution in [0.1, 0.15) is 38.3 Å². The Bertz CT molecular complexity index is 1560. The SMILES string of the molecule is CCC(C(=O)NCC(C)C)N(Cc1ccc(Cl)cc1Cl)C(=O)CN(c1cc(OC)ccc1OC)S(=O)(=O)c1ccc(C)cc1. The predicted octanol–water partition coefficient (Wildman–Crippen LogP) is 6.09. The minimum absolute atomic E-state index is 0.0187. The van der Waals surface area contributed by atoms with Crippen LogP contribution < -0.4 is 19.1 Å². The third-order valence-electron chi connectivity index (χ3n) is 6.97. The maximum atomic E-state index is 14.3. The molecular weight excluding hydrogens is 625 g/mol. The van der Waals surface area contributed by atoms with Crippen LogP contribution in [0.4, 0.5) is 5.69 Å². The van der Waals surface area contributed by atoms with E-state index in [1.807, 2.05) is 20.8 Å². The highest BCUT2D eigenvalue weighted by Gasteiger charge is 2.35. The van der Waals surface area contributed by atoms with E-state index in [4.69, 9.17) is 32.7 Å². The van der Waals surface area contributed by atoms with Gasteiger partial charge in [-0.2, -0.15) is 0 Å². The zero-order valence-corrected chi connectivity index (χ0v) is 28.1. The van der Waals surface area contributed by atoms with Gasteiger partial charge in [0.2, 0.25) is 11.8 Å². The smallest absolute Gasteiger partial charge is 0.264 e. The summed E-state index contributed by atoms with van der Waals surface area (Å²) in [7, 11) is -1.45. The van der Waals surface area contributed by atoms with Gasteiger partial charge in [0.15, 0.2) is 0 Å². The molecule has 0 spiro atoms. The molecule has 0 saturated heterocycles. The first-order chi connectivity index (χ1) is 20.8. The van der Waals surface area contributed by atoms with Gasteiger partial charge in [-0.3, -0.25) is 13.9 Å². The molecule has 0 radical (unpaired) electrons. The molecule has 3 rings (SSSR count). The van der Waals surface area contributed by atoms with E-state index in [1.165, 1.54) is 37.3 Å². The first-order valence-electron chi connectivity index (χ1n) is 14.1. The molecule has 0 bridgehead atoms. The number of sulfonamides is 1. The van der Waals surface area contributed by atoms with Crippen molar-refractivity contribution < 1.29 is 27.5 Å². The Balaban J connectivity index is 2.16. The first-order valence-corrected chi connectivity index (χ1v) is 16.3. The quantitative estimate of drug-likeness (QED) is 0.224. The lowest BCUT2D eigenvalue weighted by Gasteiger charge is -2.34. The molecule has 1 N–H and O–H groups in total. The highest BCUT2D eigenvalue weighted by Crippen LogP contribution is 2.36. The molecular formula is C32H39Cl2N3O6S. The van der Waals surface area contributed by atoms with E-state index in [0.717, 1.165) is 9.87 Å². The van der Waals surface area contributed by atoms with Crippen molar-refractivity contribution in [2.75, 3.05) is 31.6 Å². The fourth-order valence-corrected chi connectivity index (χ4v) is 6.40.